The number of methoxy groups -OCH3 is 1. The van der Waals surface area contributed by atoms with Crippen LogP contribution in [0.5, 0.6) is 5.75 Å². The van der Waals surface area contributed by atoms with Gasteiger partial charge in [-0.25, -0.2) is 0 Å². The second-order valence-corrected chi connectivity index (χ2v) is 7.97. The molecule has 1 N–H and O–H groups in total. The van der Waals surface area contributed by atoms with Crippen LogP contribution in [0.3, 0.4) is 0 Å². The van der Waals surface area contributed by atoms with Crippen molar-refractivity contribution in [3.63, 3.8) is 0 Å². The molecule has 1 fully saturated rings. The normalized spacial score (nSPS) is 13.2. The molecule has 0 bridgehead atoms. The third-order valence-corrected chi connectivity index (χ3v) is 5.68. The molecule has 0 unspecified atom stereocenters. The van der Waals surface area contributed by atoms with Gasteiger partial charge in [-0.2, -0.15) is 0 Å². The molecule has 4 rings (SSSR count). The molecular formula is C25H28N2O4. The van der Waals surface area contributed by atoms with Crippen molar-refractivity contribution < 1.29 is 19.1 Å². The highest BCUT2D eigenvalue weighted by Gasteiger charge is 2.32. The van der Waals surface area contributed by atoms with Crippen molar-refractivity contribution in [3.8, 4) is 5.75 Å². The maximum absolute atomic E-state index is 12.7. The zero-order valence-electron chi connectivity index (χ0n) is 17.8. The largest absolute Gasteiger partial charge is 0.497 e. The fraction of sp³-hybridized carbons (Fsp3) is 0.360. The lowest BCUT2D eigenvalue weighted by Crippen LogP contribution is -2.36. The zero-order valence-corrected chi connectivity index (χ0v) is 17.8. The predicted octanol–water partition coefficient (Wildman–Crippen LogP) is 4.23. The van der Waals surface area contributed by atoms with Gasteiger partial charge in [0.05, 0.1) is 7.11 Å². The standard InChI is InChI=1S/C25H28N2O4/c1-30-21-13-9-18(10-14-21)16-27(20-11-12-20)24(28)17-31-25(29)8-4-5-19-15-26-23-7-3-2-6-22(19)23/h2-3,6-7,9-10,13-15,20,26H,4-5,8,11-12,16-17H2,1H3. The van der Waals surface area contributed by atoms with Gasteiger partial charge in [0, 0.05) is 36.1 Å². The Morgan fingerprint density at radius 3 is 2.61 bits per heavy atom. The summed E-state index contributed by atoms with van der Waals surface area (Å²) in [7, 11) is 1.63. The number of hydrogen-bond acceptors (Lipinski definition) is 4. The van der Waals surface area contributed by atoms with E-state index in [0.29, 0.717) is 19.4 Å². The van der Waals surface area contributed by atoms with Gasteiger partial charge in [0.25, 0.3) is 5.91 Å². The molecule has 6 heteroatoms. The Bertz CT molecular complexity index is 1040. The zero-order chi connectivity index (χ0) is 21.6. The number of para-hydroxylation sites is 1. The molecule has 6 nitrogen and oxygen atoms in total. The van der Waals surface area contributed by atoms with Crippen LogP contribution in [-0.2, 0) is 27.3 Å². The van der Waals surface area contributed by atoms with Crippen molar-refractivity contribution in [3.05, 3.63) is 65.9 Å². The number of carbonyl (C=O) groups is 2. The van der Waals surface area contributed by atoms with E-state index in [1.165, 1.54) is 10.9 Å². The quantitative estimate of drug-likeness (QED) is 0.498. The van der Waals surface area contributed by atoms with Crippen molar-refractivity contribution in [2.45, 2.75) is 44.7 Å². The molecular weight excluding hydrogens is 392 g/mol. The molecule has 0 atom stereocenters. The Morgan fingerprint density at radius 2 is 1.87 bits per heavy atom. The summed E-state index contributed by atoms with van der Waals surface area (Å²) in [5, 5.41) is 1.18. The number of H-pyrrole nitrogens is 1. The van der Waals surface area contributed by atoms with E-state index < -0.39 is 0 Å². The highest BCUT2D eigenvalue weighted by molar-refractivity contribution is 5.83. The first kappa shape index (κ1) is 21.0. The average molecular weight is 421 g/mol. The fourth-order valence-corrected chi connectivity index (χ4v) is 3.79. The number of esters is 1. The van der Waals surface area contributed by atoms with Crippen molar-refractivity contribution in [2.24, 2.45) is 0 Å². The van der Waals surface area contributed by atoms with Crippen LogP contribution in [0, 0.1) is 0 Å². The second-order valence-electron chi connectivity index (χ2n) is 7.97. The summed E-state index contributed by atoms with van der Waals surface area (Å²) in [6, 6.07) is 16.1. The summed E-state index contributed by atoms with van der Waals surface area (Å²) in [5.41, 5.74) is 3.33. The SMILES string of the molecule is COc1ccc(CN(C(=O)COC(=O)CCCc2c[nH]c3ccccc23)C2CC2)cc1. The van der Waals surface area contributed by atoms with Crippen molar-refractivity contribution >= 4 is 22.8 Å². The van der Waals surface area contributed by atoms with Gasteiger partial charge >= 0.3 is 5.97 Å². The Balaban J connectivity index is 1.23. The molecule has 162 valence electrons. The number of aromatic nitrogens is 1. The highest BCUT2D eigenvalue weighted by Crippen LogP contribution is 2.29. The molecule has 1 saturated carbocycles. The van der Waals surface area contributed by atoms with E-state index in [-0.39, 0.29) is 24.5 Å². The van der Waals surface area contributed by atoms with E-state index in [0.717, 1.165) is 36.1 Å². The third kappa shape index (κ3) is 5.45. The van der Waals surface area contributed by atoms with Gasteiger partial charge in [0.15, 0.2) is 6.61 Å². The number of benzene rings is 2. The molecule has 3 aromatic rings. The maximum Gasteiger partial charge on any atom is 0.306 e. The summed E-state index contributed by atoms with van der Waals surface area (Å²) in [6.45, 7) is 0.324. The van der Waals surface area contributed by atoms with Crippen LogP contribution in [-0.4, -0.2) is 41.5 Å². The number of amides is 1. The van der Waals surface area contributed by atoms with Crippen LogP contribution in [0.4, 0.5) is 0 Å². The topological polar surface area (TPSA) is 71.6 Å². The first-order valence-electron chi connectivity index (χ1n) is 10.8. The smallest absolute Gasteiger partial charge is 0.306 e. The van der Waals surface area contributed by atoms with Crippen LogP contribution in [0.25, 0.3) is 10.9 Å². The third-order valence-electron chi connectivity index (χ3n) is 5.68. The average Bonchev–Trinajstić information content (AvgIpc) is 3.56. The molecule has 1 aromatic heterocycles. The van der Waals surface area contributed by atoms with Crippen LogP contribution in [0.2, 0.25) is 0 Å². The van der Waals surface area contributed by atoms with E-state index in [1.54, 1.807) is 7.11 Å². The summed E-state index contributed by atoms with van der Waals surface area (Å²) < 4.78 is 10.5. The molecule has 0 saturated heterocycles. The lowest BCUT2D eigenvalue weighted by molar-refractivity contribution is -0.152. The number of carbonyl (C=O) groups excluding carboxylic acids is 2. The molecule has 1 heterocycles. The molecule has 2 aromatic carbocycles. The molecule has 0 spiro atoms. The number of aryl methyl sites for hydroxylation is 1. The summed E-state index contributed by atoms with van der Waals surface area (Å²) in [4.78, 5) is 29.9. The van der Waals surface area contributed by atoms with Crippen molar-refractivity contribution in [1.29, 1.82) is 0 Å². The molecule has 1 aliphatic rings. The van der Waals surface area contributed by atoms with Gasteiger partial charge in [-0.15, -0.1) is 0 Å². The summed E-state index contributed by atoms with van der Waals surface area (Å²) in [6.07, 6.45) is 5.77. The molecule has 31 heavy (non-hydrogen) atoms. The summed E-state index contributed by atoms with van der Waals surface area (Å²) >= 11 is 0. The first-order chi connectivity index (χ1) is 15.1. The number of nitrogens with one attached hydrogen (secondary N) is 1. The number of aromatic amines is 1. The molecule has 0 aliphatic heterocycles. The van der Waals surface area contributed by atoms with Gasteiger partial charge in [-0.1, -0.05) is 30.3 Å². The minimum atomic E-state index is -0.326. The predicted molar refractivity (Wildman–Crippen MR) is 119 cm³/mol. The maximum atomic E-state index is 12.7. The number of rotatable bonds is 10. The molecule has 1 aliphatic carbocycles. The van der Waals surface area contributed by atoms with Gasteiger partial charge in [0.1, 0.15) is 5.75 Å². The second kappa shape index (κ2) is 9.69. The Hall–Kier alpha value is -3.28. The number of fused-ring (bicyclic) bond motifs is 1. The van der Waals surface area contributed by atoms with Gasteiger partial charge in [-0.3, -0.25) is 9.59 Å². The number of hydrogen-bond donors (Lipinski definition) is 1. The highest BCUT2D eigenvalue weighted by atomic mass is 16.5. The lowest BCUT2D eigenvalue weighted by Gasteiger charge is -2.22. The van der Waals surface area contributed by atoms with E-state index in [2.05, 4.69) is 11.1 Å². The summed E-state index contributed by atoms with van der Waals surface area (Å²) in [5.74, 6) is 0.325. The van der Waals surface area contributed by atoms with Crippen LogP contribution in [0.15, 0.2) is 54.7 Å². The number of ether oxygens (including phenoxy) is 2. The molecule has 1 amide bonds. The Kier molecular flexibility index (Phi) is 6.55. The Morgan fingerprint density at radius 1 is 1.10 bits per heavy atom. The van der Waals surface area contributed by atoms with E-state index in [9.17, 15) is 9.59 Å². The molecule has 0 radical (unpaired) electrons. The van der Waals surface area contributed by atoms with Crippen LogP contribution < -0.4 is 4.74 Å². The minimum Gasteiger partial charge on any atom is -0.497 e. The van der Waals surface area contributed by atoms with Gasteiger partial charge in [0.2, 0.25) is 0 Å². The van der Waals surface area contributed by atoms with Gasteiger partial charge < -0.3 is 19.4 Å². The number of nitrogens with zero attached hydrogens (tertiary/aromatic N) is 1. The first-order valence-corrected chi connectivity index (χ1v) is 10.8. The van der Waals surface area contributed by atoms with E-state index >= 15 is 0 Å². The Labute approximate surface area is 182 Å². The van der Waals surface area contributed by atoms with Crippen LogP contribution in [0.1, 0.15) is 36.8 Å². The lowest BCUT2D eigenvalue weighted by atomic mass is 10.1. The van der Waals surface area contributed by atoms with Gasteiger partial charge in [-0.05, 0) is 55.0 Å². The minimum absolute atomic E-state index is 0.136. The van der Waals surface area contributed by atoms with Crippen molar-refractivity contribution in [1.82, 2.24) is 9.88 Å². The van der Waals surface area contributed by atoms with Crippen LogP contribution >= 0.6 is 0 Å². The monoisotopic (exact) mass is 420 g/mol. The van der Waals surface area contributed by atoms with Crippen molar-refractivity contribution in [2.75, 3.05) is 13.7 Å². The van der Waals surface area contributed by atoms with E-state index in [4.69, 9.17) is 9.47 Å². The van der Waals surface area contributed by atoms with E-state index in [1.807, 2.05) is 53.6 Å². The fourth-order valence-electron chi connectivity index (χ4n) is 3.79.